The molecular formula is C16H20N2O5S2. The zero-order valence-electron chi connectivity index (χ0n) is 13.6. The number of sulfonamides is 2. The Balaban J connectivity index is 2.26. The fourth-order valence-electron chi connectivity index (χ4n) is 2.02. The summed E-state index contributed by atoms with van der Waals surface area (Å²) < 4.78 is 54.1. The van der Waals surface area contributed by atoms with Gasteiger partial charge in [-0.1, -0.05) is 19.4 Å². The molecule has 2 rings (SSSR count). The molecule has 0 unspecified atom stereocenters. The molecule has 0 atom stereocenters. The Labute approximate surface area is 147 Å². The van der Waals surface area contributed by atoms with Crippen molar-refractivity contribution < 1.29 is 21.9 Å². The van der Waals surface area contributed by atoms with Crippen LogP contribution in [0.1, 0.15) is 19.8 Å². The van der Waals surface area contributed by atoms with E-state index < -0.39 is 20.0 Å². The Morgan fingerprint density at radius 3 is 2.12 bits per heavy atom. The third kappa shape index (κ3) is 5.18. The summed E-state index contributed by atoms with van der Waals surface area (Å²) in [7, 11) is -7.73. The minimum atomic E-state index is -3.96. The van der Waals surface area contributed by atoms with Gasteiger partial charge in [-0.25, -0.2) is 21.6 Å². The third-order valence-corrected chi connectivity index (χ3v) is 6.21. The van der Waals surface area contributed by atoms with Gasteiger partial charge < -0.3 is 5.11 Å². The molecule has 7 nitrogen and oxygen atoms in total. The first-order valence-electron chi connectivity index (χ1n) is 7.66. The van der Waals surface area contributed by atoms with Crippen LogP contribution in [0, 0.1) is 0 Å². The van der Waals surface area contributed by atoms with Crippen molar-refractivity contribution >= 4 is 25.7 Å². The van der Waals surface area contributed by atoms with Gasteiger partial charge in [0.2, 0.25) is 10.0 Å². The highest BCUT2D eigenvalue weighted by atomic mass is 32.2. The molecule has 0 heterocycles. The highest BCUT2D eigenvalue weighted by molar-refractivity contribution is 7.93. The zero-order valence-corrected chi connectivity index (χ0v) is 15.3. The summed E-state index contributed by atoms with van der Waals surface area (Å²) in [4.78, 5) is -0.281. The van der Waals surface area contributed by atoms with Gasteiger partial charge in [0, 0.05) is 12.2 Å². The Hall–Kier alpha value is -2.10. The quantitative estimate of drug-likeness (QED) is 0.477. The van der Waals surface area contributed by atoms with Crippen LogP contribution in [0.4, 0.5) is 5.69 Å². The van der Waals surface area contributed by atoms with Gasteiger partial charge in [-0.05, 0) is 48.9 Å². The van der Waals surface area contributed by atoms with Crippen LogP contribution in [-0.2, 0) is 20.0 Å². The number of benzene rings is 2. The van der Waals surface area contributed by atoms with Crippen molar-refractivity contribution in [1.29, 1.82) is 0 Å². The van der Waals surface area contributed by atoms with Gasteiger partial charge in [-0.15, -0.1) is 0 Å². The van der Waals surface area contributed by atoms with E-state index in [-0.39, 0.29) is 21.2 Å². The molecule has 0 saturated carbocycles. The Morgan fingerprint density at radius 1 is 0.920 bits per heavy atom. The first kappa shape index (κ1) is 19.2. The van der Waals surface area contributed by atoms with Crippen molar-refractivity contribution in [3.63, 3.8) is 0 Å². The van der Waals surface area contributed by atoms with Crippen molar-refractivity contribution in [2.45, 2.75) is 29.6 Å². The third-order valence-electron chi connectivity index (χ3n) is 3.37. The van der Waals surface area contributed by atoms with Gasteiger partial charge in [0.05, 0.1) is 9.79 Å². The smallest absolute Gasteiger partial charge is 0.261 e. The number of rotatable bonds is 8. The number of phenols is 1. The molecule has 9 heteroatoms. The lowest BCUT2D eigenvalue weighted by Crippen LogP contribution is -2.25. The van der Waals surface area contributed by atoms with Gasteiger partial charge in [-0.2, -0.15) is 0 Å². The van der Waals surface area contributed by atoms with E-state index in [0.717, 1.165) is 12.5 Å². The summed E-state index contributed by atoms with van der Waals surface area (Å²) in [6.07, 6.45) is 1.53. The van der Waals surface area contributed by atoms with E-state index in [9.17, 15) is 21.9 Å². The minimum absolute atomic E-state index is 0.00851. The van der Waals surface area contributed by atoms with Crippen LogP contribution in [0.25, 0.3) is 0 Å². The van der Waals surface area contributed by atoms with E-state index in [1.54, 1.807) is 0 Å². The molecule has 0 bridgehead atoms. The molecule has 0 amide bonds. The fraction of sp³-hybridized carbons (Fsp3) is 0.250. The molecule has 0 radical (unpaired) electrons. The molecule has 0 fully saturated rings. The van der Waals surface area contributed by atoms with E-state index in [4.69, 9.17) is 0 Å². The molecular weight excluding hydrogens is 364 g/mol. The largest absolute Gasteiger partial charge is 0.508 e. The first-order valence-corrected chi connectivity index (χ1v) is 10.6. The number of unbranched alkanes of at least 4 members (excludes halogenated alkanes) is 1. The van der Waals surface area contributed by atoms with Crippen LogP contribution in [-0.4, -0.2) is 28.5 Å². The molecule has 3 N–H and O–H groups in total. The summed E-state index contributed by atoms with van der Waals surface area (Å²) in [5, 5.41) is 9.24. The molecule has 0 aliphatic carbocycles. The van der Waals surface area contributed by atoms with E-state index in [0.29, 0.717) is 13.0 Å². The maximum Gasteiger partial charge on any atom is 0.261 e. The van der Waals surface area contributed by atoms with Gasteiger partial charge >= 0.3 is 0 Å². The topological polar surface area (TPSA) is 113 Å². The second kappa shape index (κ2) is 7.85. The average Bonchev–Trinajstić information content (AvgIpc) is 2.57. The van der Waals surface area contributed by atoms with E-state index in [1.165, 1.54) is 42.5 Å². The number of hydrogen-bond acceptors (Lipinski definition) is 5. The first-order chi connectivity index (χ1) is 11.7. The molecule has 2 aromatic rings. The highest BCUT2D eigenvalue weighted by Gasteiger charge is 2.19. The predicted octanol–water partition coefficient (Wildman–Crippen LogP) is 2.27. The summed E-state index contributed by atoms with van der Waals surface area (Å²) >= 11 is 0. The number of phenolic OH excluding ortho intramolecular Hbond substituents is 1. The van der Waals surface area contributed by atoms with Crippen molar-refractivity contribution in [3.05, 3.63) is 48.5 Å². The molecule has 0 saturated heterocycles. The maximum atomic E-state index is 12.4. The van der Waals surface area contributed by atoms with E-state index >= 15 is 0 Å². The number of nitrogens with one attached hydrogen (secondary N) is 2. The standard InChI is InChI=1S/C16H20N2O5S2/c1-2-3-11-17-24(20,21)15-5-4-6-16(12-15)25(22,23)18-13-7-9-14(19)10-8-13/h4-10,12,17-19H,2-3,11H2,1H3. The molecule has 25 heavy (non-hydrogen) atoms. The molecule has 0 spiro atoms. The summed E-state index contributed by atoms with van der Waals surface area (Å²) in [5.41, 5.74) is 0.257. The Bertz CT molecular complexity index is 923. The second-order valence-corrected chi connectivity index (χ2v) is 8.83. The monoisotopic (exact) mass is 384 g/mol. The minimum Gasteiger partial charge on any atom is -0.508 e. The Morgan fingerprint density at radius 2 is 1.52 bits per heavy atom. The van der Waals surface area contributed by atoms with E-state index in [2.05, 4.69) is 9.44 Å². The molecule has 136 valence electrons. The van der Waals surface area contributed by atoms with Crippen molar-refractivity contribution in [1.82, 2.24) is 4.72 Å². The fourth-order valence-corrected chi connectivity index (χ4v) is 4.32. The molecule has 0 aromatic heterocycles. The molecule has 0 aliphatic rings. The van der Waals surface area contributed by atoms with Gasteiger partial charge in [-0.3, -0.25) is 4.72 Å². The van der Waals surface area contributed by atoms with Crippen LogP contribution in [0.15, 0.2) is 58.3 Å². The number of anilines is 1. The summed E-state index contributed by atoms with van der Waals surface area (Å²) in [5.74, 6) is 0.00851. The van der Waals surface area contributed by atoms with Crippen LogP contribution in [0.5, 0.6) is 5.75 Å². The lowest BCUT2D eigenvalue weighted by Gasteiger charge is -2.10. The zero-order chi connectivity index (χ0) is 18.5. The average molecular weight is 384 g/mol. The number of hydrogen-bond donors (Lipinski definition) is 3. The van der Waals surface area contributed by atoms with Gasteiger partial charge in [0.1, 0.15) is 5.75 Å². The van der Waals surface area contributed by atoms with Gasteiger partial charge in [0.15, 0.2) is 0 Å². The SMILES string of the molecule is CCCCNS(=O)(=O)c1cccc(S(=O)(=O)Nc2ccc(O)cc2)c1. The van der Waals surface area contributed by atoms with Gasteiger partial charge in [0.25, 0.3) is 10.0 Å². The Kier molecular flexibility index (Phi) is 6.04. The normalized spacial score (nSPS) is 12.0. The molecule has 2 aromatic carbocycles. The second-order valence-electron chi connectivity index (χ2n) is 5.38. The molecule has 0 aliphatic heterocycles. The summed E-state index contributed by atoms with van der Waals surface area (Å²) in [6.45, 7) is 2.23. The highest BCUT2D eigenvalue weighted by Crippen LogP contribution is 2.20. The van der Waals surface area contributed by atoms with Crippen LogP contribution >= 0.6 is 0 Å². The van der Waals surface area contributed by atoms with Crippen LogP contribution < -0.4 is 9.44 Å². The lowest BCUT2D eigenvalue weighted by atomic mass is 10.3. The number of aromatic hydroxyl groups is 1. The summed E-state index contributed by atoms with van der Waals surface area (Å²) in [6, 6.07) is 10.6. The van der Waals surface area contributed by atoms with Crippen LogP contribution in [0.2, 0.25) is 0 Å². The van der Waals surface area contributed by atoms with Crippen molar-refractivity contribution in [2.75, 3.05) is 11.3 Å². The lowest BCUT2D eigenvalue weighted by molar-refractivity contribution is 0.475. The predicted molar refractivity (Wildman–Crippen MR) is 95.5 cm³/mol. The van der Waals surface area contributed by atoms with E-state index in [1.807, 2.05) is 6.92 Å². The van der Waals surface area contributed by atoms with Crippen molar-refractivity contribution in [2.24, 2.45) is 0 Å². The maximum absolute atomic E-state index is 12.4. The van der Waals surface area contributed by atoms with Crippen molar-refractivity contribution in [3.8, 4) is 5.75 Å². The van der Waals surface area contributed by atoms with Crippen LogP contribution in [0.3, 0.4) is 0 Å².